The summed E-state index contributed by atoms with van der Waals surface area (Å²) in [5.41, 5.74) is 0. The number of nitrogens with one attached hydrogen (secondary N) is 2. The van der Waals surface area contributed by atoms with Crippen LogP contribution < -0.4 is 10.6 Å². The maximum absolute atomic E-state index is 13.2. The van der Waals surface area contributed by atoms with Gasteiger partial charge in [-0.15, -0.1) is 22.7 Å². The minimum Gasteiger partial charge on any atom is -0.477 e. The molecule has 0 radical (unpaired) electrons. The second-order valence-corrected chi connectivity index (χ2v) is 16.9. The van der Waals surface area contributed by atoms with Gasteiger partial charge in [-0.3, -0.25) is 9.59 Å². The number of hydrogen-bond acceptors (Lipinski definition) is 8. The first-order valence-corrected chi connectivity index (χ1v) is 19.5. The smallest absolute Gasteiger partial charge is 0.345 e. The van der Waals surface area contributed by atoms with Gasteiger partial charge in [-0.1, -0.05) is 73.4 Å². The fraction of sp³-hybridized carbons (Fsp3) is 0.286. The van der Waals surface area contributed by atoms with E-state index >= 15 is 0 Å². The maximum atomic E-state index is 13.2. The molecule has 6 rings (SSSR count). The number of carboxylic acid groups (broad SMARTS) is 1. The average molecular weight is 777 g/mol. The molecule has 2 amide bonds. The van der Waals surface area contributed by atoms with Gasteiger partial charge in [0.05, 0.1) is 22.6 Å². The Morgan fingerprint density at radius 1 is 0.940 bits per heavy atom. The maximum Gasteiger partial charge on any atom is 0.345 e. The van der Waals surface area contributed by atoms with E-state index in [4.69, 9.17) is 33.0 Å². The van der Waals surface area contributed by atoms with Crippen LogP contribution in [0, 0.1) is 5.92 Å². The van der Waals surface area contributed by atoms with E-state index in [1.54, 1.807) is 6.07 Å². The van der Waals surface area contributed by atoms with Crippen molar-refractivity contribution >= 4 is 93.9 Å². The Bertz CT molecular complexity index is 2050. The predicted molar refractivity (Wildman–Crippen MR) is 199 cm³/mol. The second kappa shape index (κ2) is 16.6. The third kappa shape index (κ3) is 9.40. The molecule has 15 heteroatoms. The molecule has 2 atom stereocenters. The third-order valence-electron chi connectivity index (χ3n) is 7.73. The number of carbonyl (C=O) groups is 3. The Labute approximate surface area is 308 Å². The van der Waals surface area contributed by atoms with Crippen LogP contribution in [0.5, 0.6) is 0 Å². The lowest BCUT2D eigenvalue weighted by Crippen LogP contribution is -2.52. The number of sulfonamides is 1. The number of hydrogen-bond donors (Lipinski definition) is 3. The Kier molecular flexibility index (Phi) is 12.5. The van der Waals surface area contributed by atoms with Gasteiger partial charge in [0, 0.05) is 34.1 Å². The summed E-state index contributed by atoms with van der Waals surface area (Å²) in [4.78, 5) is 37.5. The van der Waals surface area contributed by atoms with Crippen molar-refractivity contribution in [1.82, 2.24) is 14.9 Å². The van der Waals surface area contributed by atoms with E-state index in [0.29, 0.717) is 21.2 Å². The molecule has 3 heterocycles. The van der Waals surface area contributed by atoms with E-state index in [1.165, 1.54) is 45.2 Å². The summed E-state index contributed by atoms with van der Waals surface area (Å²) in [5.74, 6) is -1.35. The van der Waals surface area contributed by atoms with Gasteiger partial charge in [-0.05, 0) is 65.6 Å². The number of carbonyl (C=O) groups excluding carboxylic acids is 2. The monoisotopic (exact) mass is 775 g/mol. The SMILES string of the molecule is CC(C)C[C@H](NC(=O)c1cc2ccccc2s1)C(=O)NC[C@@H]1CN(S(=O)(=O)c2ccc(Cl)cc2Cl)CCO1.O=C(O)c1cc2ccccc2s1. The van der Waals surface area contributed by atoms with E-state index in [1.807, 2.05) is 68.4 Å². The quantitative estimate of drug-likeness (QED) is 0.137. The summed E-state index contributed by atoms with van der Waals surface area (Å²) in [7, 11) is -3.88. The van der Waals surface area contributed by atoms with Crippen molar-refractivity contribution in [1.29, 1.82) is 0 Å². The van der Waals surface area contributed by atoms with Crippen molar-refractivity contribution < 1.29 is 32.6 Å². The van der Waals surface area contributed by atoms with Gasteiger partial charge in [0.25, 0.3) is 5.91 Å². The summed E-state index contributed by atoms with van der Waals surface area (Å²) in [6.45, 7) is 4.41. The van der Waals surface area contributed by atoms with Gasteiger partial charge in [0.2, 0.25) is 15.9 Å². The molecule has 1 aliphatic rings. The minimum absolute atomic E-state index is 0.0331. The number of fused-ring (bicyclic) bond motifs is 2. The zero-order valence-corrected chi connectivity index (χ0v) is 31.1. The molecule has 1 fully saturated rings. The molecular formula is C35H35Cl2N3O7S3. The molecular weight excluding hydrogens is 742 g/mol. The highest BCUT2D eigenvalue weighted by Crippen LogP contribution is 2.29. The van der Waals surface area contributed by atoms with Crippen LogP contribution in [0.4, 0.5) is 0 Å². The molecule has 0 spiro atoms. The number of morpholine rings is 1. The third-order valence-corrected chi connectivity index (χ3v) is 12.5. The van der Waals surface area contributed by atoms with Crippen molar-refractivity contribution in [3.63, 3.8) is 0 Å². The Morgan fingerprint density at radius 2 is 1.56 bits per heavy atom. The Morgan fingerprint density at radius 3 is 2.16 bits per heavy atom. The second-order valence-electron chi connectivity index (χ2n) is 11.9. The van der Waals surface area contributed by atoms with E-state index in [0.717, 1.165) is 20.2 Å². The van der Waals surface area contributed by atoms with Crippen molar-refractivity contribution in [3.05, 3.63) is 98.7 Å². The van der Waals surface area contributed by atoms with Gasteiger partial charge in [0.1, 0.15) is 15.8 Å². The number of rotatable bonds is 10. The normalized spacial score (nSPS) is 15.7. The number of amides is 2. The first kappa shape index (κ1) is 37.7. The summed E-state index contributed by atoms with van der Waals surface area (Å²) in [5, 5.41) is 16.7. The van der Waals surface area contributed by atoms with Crippen LogP contribution in [-0.2, 0) is 19.6 Å². The van der Waals surface area contributed by atoms with Crippen molar-refractivity contribution in [2.75, 3.05) is 26.2 Å². The number of thiophene rings is 2. The lowest BCUT2D eigenvalue weighted by molar-refractivity contribution is -0.124. The summed E-state index contributed by atoms with van der Waals surface area (Å²) in [6, 6.07) is 22.4. The molecule has 1 aliphatic heterocycles. The molecule has 3 N–H and O–H groups in total. The van der Waals surface area contributed by atoms with Crippen LogP contribution in [0.1, 0.15) is 39.6 Å². The topological polar surface area (TPSA) is 142 Å². The fourth-order valence-corrected chi connectivity index (χ4v) is 9.38. The molecule has 0 saturated carbocycles. The Balaban J connectivity index is 0.000000338. The van der Waals surface area contributed by atoms with Gasteiger partial charge in [-0.25, -0.2) is 13.2 Å². The summed E-state index contributed by atoms with van der Waals surface area (Å²) in [6.07, 6.45) is -0.115. The first-order chi connectivity index (χ1) is 23.8. The standard InChI is InChI=1S/C26H29Cl2N3O5S2.C9H6O2S/c1-16(2)11-21(30-26(33)23-12-17-5-3-4-6-22(17)37-23)25(32)29-14-19-15-31(9-10-36-19)38(34,35)24-8-7-18(27)13-20(24)28;10-9(11)8-5-6-3-1-2-4-7(6)12-8/h3-8,12-13,16,19,21H,9-11,14-15H2,1-2H3,(H,29,32)(H,30,33);1-5H,(H,10,11)/t19-,21+;/m1./s1. The highest BCUT2D eigenvalue weighted by molar-refractivity contribution is 7.89. The molecule has 1 saturated heterocycles. The van der Waals surface area contributed by atoms with Gasteiger partial charge < -0.3 is 20.5 Å². The van der Waals surface area contributed by atoms with Crippen LogP contribution >= 0.6 is 45.9 Å². The molecule has 2 aromatic heterocycles. The van der Waals surface area contributed by atoms with E-state index in [9.17, 15) is 22.8 Å². The number of carboxylic acids is 1. The number of ether oxygens (including phenoxy) is 1. The number of benzene rings is 3. The highest BCUT2D eigenvalue weighted by Gasteiger charge is 2.33. The van der Waals surface area contributed by atoms with Gasteiger partial charge in [-0.2, -0.15) is 4.31 Å². The lowest BCUT2D eigenvalue weighted by atomic mass is 10.0. The summed E-state index contributed by atoms with van der Waals surface area (Å²) < 4.78 is 35.4. The highest BCUT2D eigenvalue weighted by atomic mass is 35.5. The number of nitrogens with zero attached hydrogens (tertiary/aromatic N) is 1. The molecule has 0 unspecified atom stereocenters. The number of halogens is 2. The van der Waals surface area contributed by atoms with E-state index < -0.39 is 28.1 Å². The van der Waals surface area contributed by atoms with Crippen molar-refractivity contribution in [2.24, 2.45) is 5.92 Å². The predicted octanol–water partition coefficient (Wildman–Crippen LogP) is 7.16. The molecule has 0 aliphatic carbocycles. The van der Waals surface area contributed by atoms with Crippen LogP contribution in [0.3, 0.4) is 0 Å². The van der Waals surface area contributed by atoms with Crippen LogP contribution in [0.15, 0.2) is 83.8 Å². The molecule has 10 nitrogen and oxygen atoms in total. The van der Waals surface area contributed by atoms with Gasteiger partial charge >= 0.3 is 5.97 Å². The van der Waals surface area contributed by atoms with Crippen molar-refractivity contribution in [3.8, 4) is 0 Å². The molecule has 0 bridgehead atoms. The molecule has 5 aromatic rings. The fourth-order valence-electron chi connectivity index (χ4n) is 5.31. The zero-order chi connectivity index (χ0) is 36.0. The lowest BCUT2D eigenvalue weighted by Gasteiger charge is -2.32. The summed E-state index contributed by atoms with van der Waals surface area (Å²) >= 11 is 14.7. The number of aromatic carboxylic acids is 1. The minimum atomic E-state index is -3.88. The van der Waals surface area contributed by atoms with E-state index in [2.05, 4.69) is 10.6 Å². The van der Waals surface area contributed by atoms with Gasteiger partial charge in [0.15, 0.2) is 0 Å². The van der Waals surface area contributed by atoms with E-state index in [-0.39, 0.29) is 53.9 Å². The molecule has 50 heavy (non-hydrogen) atoms. The average Bonchev–Trinajstić information content (AvgIpc) is 3.72. The van der Waals surface area contributed by atoms with Crippen LogP contribution in [0.25, 0.3) is 20.2 Å². The first-order valence-electron chi connectivity index (χ1n) is 15.7. The van der Waals surface area contributed by atoms with Crippen LogP contribution in [-0.4, -0.2) is 74.0 Å². The zero-order valence-electron chi connectivity index (χ0n) is 27.1. The largest absolute Gasteiger partial charge is 0.477 e. The van der Waals surface area contributed by atoms with Crippen LogP contribution in [0.2, 0.25) is 10.0 Å². The molecule has 264 valence electrons. The molecule has 3 aromatic carbocycles. The Hall–Kier alpha value is -3.56. The van der Waals surface area contributed by atoms with Crippen molar-refractivity contribution in [2.45, 2.75) is 37.3 Å².